The van der Waals surface area contributed by atoms with Crippen LogP contribution in [0.15, 0.2) is 36.5 Å². The first-order valence-electron chi connectivity index (χ1n) is 35.3. The fraction of sp³-hybridized carbons (Fsp3) is 0.889. The van der Waals surface area contributed by atoms with Gasteiger partial charge in [-0.1, -0.05) is 352 Å². The standard InChI is InChI=1S/C72H137NO5/c1-3-5-7-9-11-13-15-17-19-20-21-22-23-24-25-28-31-34-37-40-44-48-52-56-60-64-70(75)69(68-74)73-71(76)65-61-57-53-49-45-41-38-35-32-29-26-27-30-33-36-39-43-47-51-55-59-63-67-78-72(77)66-62-58-54-50-46-42-18-16-14-12-10-8-6-4-2/h10,12,16,18,60,64,69-70,74-75H,3-9,11,13-15,17,19-59,61-63,65-68H2,1-2H3,(H,73,76)/b12-10-,18-16-,64-60+. The number of esters is 1. The summed E-state index contributed by atoms with van der Waals surface area (Å²) >= 11 is 0. The molecule has 0 bridgehead atoms. The van der Waals surface area contributed by atoms with Crippen LogP contribution in [0, 0.1) is 0 Å². The number of nitrogens with one attached hydrogen (secondary N) is 1. The third kappa shape index (κ3) is 63.3. The molecule has 0 spiro atoms. The van der Waals surface area contributed by atoms with Crippen LogP contribution in [0.25, 0.3) is 0 Å². The van der Waals surface area contributed by atoms with Crippen LogP contribution in [0.5, 0.6) is 0 Å². The number of ether oxygens (including phenoxy) is 1. The van der Waals surface area contributed by atoms with Crippen molar-refractivity contribution in [2.75, 3.05) is 13.2 Å². The minimum Gasteiger partial charge on any atom is -0.466 e. The van der Waals surface area contributed by atoms with E-state index in [1.54, 1.807) is 6.08 Å². The van der Waals surface area contributed by atoms with Gasteiger partial charge in [-0.25, -0.2) is 0 Å². The van der Waals surface area contributed by atoms with Crippen LogP contribution < -0.4 is 5.32 Å². The van der Waals surface area contributed by atoms with E-state index in [0.29, 0.717) is 19.4 Å². The lowest BCUT2D eigenvalue weighted by Crippen LogP contribution is -2.45. The number of hydrogen-bond donors (Lipinski definition) is 3. The van der Waals surface area contributed by atoms with Gasteiger partial charge < -0.3 is 20.3 Å². The first-order valence-corrected chi connectivity index (χ1v) is 35.3. The van der Waals surface area contributed by atoms with Crippen LogP contribution in [-0.2, 0) is 14.3 Å². The lowest BCUT2D eigenvalue weighted by atomic mass is 10.0. The second-order valence-corrected chi connectivity index (χ2v) is 24.2. The summed E-state index contributed by atoms with van der Waals surface area (Å²) in [6, 6.07) is -0.630. The van der Waals surface area contributed by atoms with E-state index in [4.69, 9.17) is 4.74 Å². The zero-order valence-corrected chi connectivity index (χ0v) is 52.7. The number of rotatable bonds is 66. The molecule has 6 nitrogen and oxygen atoms in total. The van der Waals surface area contributed by atoms with Crippen molar-refractivity contribution >= 4 is 11.9 Å². The van der Waals surface area contributed by atoms with E-state index in [9.17, 15) is 19.8 Å². The average molecular weight is 1100 g/mol. The Morgan fingerprint density at radius 1 is 0.359 bits per heavy atom. The lowest BCUT2D eigenvalue weighted by molar-refractivity contribution is -0.143. The summed E-state index contributed by atoms with van der Waals surface area (Å²) in [5, 5.41) is 23.3. The second kappa shape index (κ2) is 67.6. The highest BCUT2D eigenvalue weighted by Crippen LogP contribution is 2.19. The third-order valence-electron chi connectivity index (χ3n) is 16.4. The van der Waals surface area contributed by atoms with E-state index in [1.165, 1.54) is 308 Å². The zero-order valence-electron chi connectivity index (χ0n) is 52.7. The number of aliphatic hydroxyl groups excluding tert-OH is 2. The quantitative estimate of drug-likeness (QED) is 0.0320. The van der Waals surface area contributed by atoms with Gasteiger partial charge >= 0.3 is 5.97 Å². The van der Waals surface area contributed by atoms with E-state index in [0.717, 1.165) is 51.4 Å². The molecule has 0 fully saturated rings. The Morgan fingerprint density at radius 3 is 1.01 bits per heavy atom. The monoisotopic (exact) mass is 1100 g/mol. The highest BCUT2D eigenvalue weighted by atomic mass is 16.5. The highest BCUT2D eigenvalue weighted by molar-refractivity contribution is 5.76. The van der Waals surface area contributed by atoms with Gasteiger partial charge in [-0.05, 0) is 57.8 Å². The van der Waals surface area contributed by atoms with Crippen molar-refractivity contribution in [3.05, 3.63) is 36.5 Å². The molecule has 0 aliphatic carbocycles. The van der Waals surface area contributed by atoms with E-state index >= 15 is 0 Å². The van der Waals surface area contributed by atoms with Gasteiger partial charge in [0.15, 0.2) is 0 Å². The predicted molar refractivity (Wildman–Crippen MR) is 343 cm³/mol. The Bertz CT molecular complexity index is 1260. The number of hydrogen-bond acceptors (Lipinski definition) is 5. The van der Waals surface area contributed by atoms with E-state index in [2.05, 4.69) is 43.5 Å². The molecular weight excluding hydrogens is 959 g/mol. The van der Waals surface area contributed by atoms with Crippen molar-refractivity contribution in [1.29, 1.82) is 0 Å². The summed E-state index contributed by atoms with van der Waals surface area (Å²) in [5.74, 6) is -0.0656. The fourth-order valence-corrected chi connectivity index (χ4v) is 11.0. The number of aliphatic hydroxyl groups is 2. The van der Waals surface area contributed by atoms with Crippen LogP contribution in [0.4, 0.5) is 0 Å². The Morgan fingerprint density at radius 2 is 0.654 bits per heavy atom. The van der Waals surface area contributed by atoms with Gasteiger partial charge in [-0.3, -0.25) is 9.59 Å². The smallest absolute Gasteiger partial charge is 0.305 e. The average Bonchev–Trinajstić information content (AvgIpc) is 3.44. The van der Waals surface area contributed by atoms with Gasteiger partial charge in [0.2, 0.25) is 5.91 Å². The molecule has 0 aromatic carbocycles. The molecule has 0 saturated carbocycles. The van der Waals surface area contributed by atoms with Crippen molar-refractivity contribution in [3.63, 3.8) is 0 Å². The molecule has 1 amide bonds. The second-order valence-electron chi connectivity index (χ2n) is 24.2. The molecule has 460 valence electrons. The maximum absolute atomic E-state index is 12.5. The highest BCUT2D eigenvalue weighted by Gasteiger charge is 2.18. The summed E-state index contributed by atoms with van der Waals surface area (Å²) in [5.41, 5.74) is 0. The molecule has 3 N–H and O–H groups in total. The summed E-state index contributed by atoms with van der Waals surface area (Å²) in [4.78, 5) is 24.6. The van der Waals surface area contributed by atoms with Gasteiger partial charge in [-0.2, -0.15) is 0 Å². The van der Waals surface area contributed by atoms with E-state index in [-0.39, 0.29) is 18.5 Å². The SMILES string of the molecule is CCCC/C=C\C/C=C\CCCCCCCC(=O)OCCCCCCCCCCCCCCCCCCCCCCCCC(=O)NC(CO)C(O)/C=C/CCCCCCCCCCCCCCCCCCCCCCCCC. The maximum Gasteiger partial charge on any atom is 0.305 e. The summed E-state index contributed by atoms with van der Waals surface area (Å²) in [6.45, 7) is 4.89. The molecule has 78 heavy (non-hydrogen) atoms. The molecule has 2 atom stereocenters. The molecule has 0 aliphatic rings. The Hall–Kier alpha value is -1.92. The van der Waals surface area contributed by atoms with Crippen LogP contribution in [0.3, 0.4) is 0 Å². The van der Waals surface area contributed by atoms with Crippen molar-refractivity contribution in [2.24, 2.45) is 0 Å². The minimum absolute atomic E-state index is 0.00136. The molecule has 0 radical (unpaired) electrons. The van der Waals surface area contributed by atoms with Crippen LogP contribution in [-0.4, -0.2) is 47.4 Å². The topological polar surface area (TPSA) is 95.9 Å². The fourth-order valence-electron chi connectivity index (χ4n) is 11.0. The summed E-state index contributed by atoms with van der Waals surface area (Å²) < 4.78 is 5.48. The largest absolute Gasteiger partial charge is 0.466 e. The van der Waals surface area contributed by atoms with Crippen LogP contribution in [0.1, 0.15) is 386 Å². The van der Waals surface area contributed by atoms with Gasteiger partial charge in [0.05, 0.1) is 25.4 Å². The van der Waals surface area contributed by atoms with E-state index < -0.39 is 12.1 Å². The number of allylic oxidation sites excluding steroid dienone is 5. The molecule has 0 aromatic rings. The molecule has 6 heteroatoms. The van der Waals surface area contributed by atoms with Crippen molar-refractivity contribution in [1.82, 2.24) is 5.32 Å². The number of amides is 1. The molecular formula is C72H137NO5. The van der Waals surface area contributed by atoms with E-state index in [1.807, 2.05) is 6.08 Å². The molecule has 0 aromatic heterocycles. The Kier molecular flexibility index (Phi) is 65.9. The van der Waals surface area contributed by atoms with Gasteiger partial charge in [0, 0.05) is 12.8 Å². The van der Waals surface area contributed by atoms with Crippen LogP contribution in [0.2, 0.25) is 0 Å². The van der Waals surface area contributed by atoms with Gasteiger partial charge in [0.1, 0.15) is 0 Å². The summed E-state index contributed by atoms with van der Waals surface area (Å²) in [7, 11) is 0. The van der Waals surface area contributed by atoms with Gasteiger partial charge in [-0.15, -0.1) is 0 Å². The van der Waals surface area contributed by atoms with Crippen molar-refractivity contribution in [3.8, 4) is 0 Å². The third-order valence-corrected chi connectivity index (χ3v) is 16.4. The zero-order chi connectivity index (χ0) is 56.4. The number of unbranched alkanes of at least 4 members (excludes halogenated alkanes) is 51. The van der Waals surface area contributed by atoms with Crippen molar-refractivity contribution in [2.45, 2.75) is 398 Å². The first-order chi connectivity index (χ1) is 38.5. The molecule has 0 heterocycles. The summed E-state index contributed by atoms with van der Waals surface area (Å²) in [6.07, 6.45) is 86.5. The number of carbonyl (C=O) groups excluding carboxylic acids is 2. The Balaban J connectivity index is 3.42. The Labute approximate surface area is 487 Å². The van der Waals surface area contributed by atoms with Crippen LogP contribution >= 0.6 is 0 Å². The molecule has 0 saturated heterocycles. The normalized spacial score (nSPS) is 12.7. The van der Waals surface area contributed by atoms with Gasteiger partial charge in [0.25, 0.3) is 0 Å². The molecule has 0 rings (SSSR count). The molecule has 2 unspecified atom stereocenters. The number of carbonyl (C=O) groups is 2. The molecule has 0 aliphatic heterocycles. The lowest BCUT2D eigenvalue weighted by Gasteiger charge is -2.20. The first kappa shape index (κ1) is 76.1. The maximum atomic E-state index is 12.5. The van der Waals surface area contributed by atoms with Crippen molar-refractivity contribution < 1.29 is 24.5 Å². The predicted octanol–water partition coefficient (Wildman–Crippen LogP) is 22.7. The minimum atomic E-state index is -0.847.